The van der Waals surface area contributed by atoms with Crippen molar-refractivity contribution < 1.29 is 4.39 Å². The Kier molecular flexibility index (Phi) is 3.12. The van der Waals surface area contributed by atoms with Crippen LogP contribution in [-0.4, -0.2) is 12.6 Å². The number of anilines is 1. The molecular weight excluding hydrogens is 281 g/mol. The van der Waals surface area contributed by atoms with Gasteiger partial charge in [-0.3, -0.25) is 0 Å². The quantitative estimate of drug-likeness (QED) is 0.740. The number of benzene rings is 1. The highest BCUT2D eigenvalue weighted by Crippen LogP contribution is 2.38. The summed E-state index contributed by atoms with van der Waals surface area (Å²) in [5, 5.41) is 0.719. The summed E-state index contributed by atoms with van der Waals surface area (Å²) in [7, 11) is 0. The van der Waals surface area contributed by atoms with Crippen LogP contribution < -0.4 is 4.90 Å². The molecule has 2 aliphatic rings. The first kappa shape index (κ1) is 11.5. The van der Waals surface area contributed by atoms with Crippen molar-refractivity contribution in [2.45, 2.75) is 37.1 Å². The third-order valence-corrected chi connectivity index (χ3v) is 4.26. The Balaban J connectivity index is 1.83. The van der Waals surface area contributed by atoms with E-state index in [0.717, 1.165) is 29.0 Å². The SMILES string of the molecule is Fc1cc(CBr)ccc1N(CC1CC1)C1CC1. The Labute approximate surface area is 110 Å². The van der Waals surface area contributed by atoms with Crippen molar-refractivity contribution in [1.29, 1.82) is 0 Å². The van der Waals surface area contributed by atoms with E-state index in [0.29, 0.717) is 6.04 Å². The molecular formula is C14H17BrFN. The Morgan fingerprint density at radius 3 is 2.53 bits per heavy atom. The molecule has 0 amide bonds. The van der Waals surface area contributed by atoms with Crippen LogP contribution in [0.3, 0.4) is 0 Å². The number of halogens is 2. The maximum Gasteiger partial charge on any atom is 0.146 e. The molecule has 2 fully saturated rings. The summed E-state index contributed by atoms with van der Waals surface area (Å²) in [5.41, 5.74) is 1.82. The molecule has 17 heavy (non-hydrogen) atoms. The van der Waals surface area contributed by atoms with Crippen LogP contribution in [0.25, 0.3) is 0 Å². The lowest BCUT2D eigenvalue weighted by Gasteiger charge is -2.25. The van der Waals surface area contributed by atoms with E-state index in [-0.39, 0.29) is 5.82 Å². The van der Waals surface area contributed by atoms with Gasteiger partial charge in [-0.2, -0.15) is 0 Å². The Morgan fingerprint density at radius 1 is 1.24 bits per heavy atom. The van der Waals surface area contributed by atoms with Gasteiger partial charge >= 0.3 is 0 Å². The summed E-state index contributed by atoms with van der Waals surface area (Å²) >= 11 is 3.36. The molecule has 0 N–H and O–H groups in total. The van der Waals surface area contributed by atoms with Gasteiger partial charge in [-0.25, -0.2) is 4.39 Å². The van der Waals surface area contributed by atoms with E-state index in [9.17, 15) is 4.39 Å². The molecule has 1 nitrogen and oxygen atoms in total. The van der Waals surface area contributed by atoms with Crippen molar-refractivity contribution in [2.75, 3.05) is 11.4 Å². The number of nitrogens with zero attached hydrogens (tertiary/aromatic N) is 1. The van der Waals surface area contributed by atoms with Gasteiger partial charge in [-0.15, -0.1) is 0 Å². The van der Waals surface area contributed by atoms with Crippen LogP contribution in [0.1, 0.15) is 31.2 Å². The molecule has 0 aliphatic heterocycles. The second kappa shape index (κ2) is 4.60. The highest BCUT2D eigenvalue weighted by atomic mass is 79.9. The molecule has 1 aromatic rings. The Bertz CT molecular complexity index is 413. The fourth-order valence-electron chi connectivity index (χ4n) is 2.28. The van der Waals surface area contributed by atoms with Gasteiger partial charge in [0.15, 0.2) is 0 Å². The monoisotopic (exact) mass is 297 g/mol. The number of rotatable bonds is 5. The van der Waals surface area contributed by atoms with Crippen LogP contribution >= 0.6 is 15.9 Å². The zero-order chi connectivity index (χ0) is 11.8. The van der Waals surface area contributed by atoms with E-state index in [1.165, 1.54) is 25.7 Å². The van der Waals surface area contributed by atoms with Crippen molar-refractivity contribution in [3.8, 4) is 0 Å². The molecule has 2 aliphatic carbocycles. The smallest absolute Gasteiger partial charge is 0.146 e. The minimum absolute atomic E-state index is 0.0606. The van der Waals surface area contributed by atoms with E-state index < -0.39 is 0 Å². The Hall–Kier alpha value is -0.570. The summed E-state index contributed by atoms with van der Waals surface area (Å²) < 4.78 is 14.1. The zero-order valence-electron chi connectivity index (χ0n) is 9.83. The van der Waals surface area contributed by atoms with Gasteiger partial charge in [0.2, 0.25) is 0 Å². The van der Waals surface area contributed by atoms with Crippen molar-refractivity contribution in [3.63, 3.8) is 0 Å². The lowest BCUT2D eigenvalue weighted by molar-refractivity contribution is 0.608. The largest absolute Gasteiger partial charge is 0.366 e. The first-order valence-corrected chi connectivity index (χ1v) is 7.51. The number of alkyl halides is 1. The lowest BCUT2D eigenvalue weighted by atomic mass is 10.2. The van der Waals surface area contributed by atoms with Crippen LogP contribution in [0.4, 0.5) is 10.1 Å². The highest BCUT2D eigenvalue weighted by Gasteiger charge is 2.34. The van der Waals surface area contributed by atoms with Gasteiger partial charge < -0.3 is 4.90 Å². The van der Waals surface area contributed by atoms with Crippen molar-refractivity contribution >= 4 is 21.6 Å². The summed E-state index contributed by atoms with van der Waals surface area (Å²) in [6.45, 7) is 1.05. The molecule has 3 heteroatoms. The zero-order valence-corrected chi connectivity index (χ0v) is 11.4. The summed E-state index contributed by atoms with van der Waals surface area (Å²) in [6.07, 6.45) is 5.10. The minimum Gasteiger partial charge on any atom is -0.366 e. The maximum atomic E-state index is 14.1. The molecule has 1 aromatic carbocycles. The lowest BCUT2D eigenvalue weighted by Crippen LogP contribution is -2.28. The molecule has 0 aromatic heterocycles. The molecule has 0 heterocycles. The Morgan fingerprint density at radius 2 is 2.00 bits per heavy atom. The summed E-state index contributed by atoms with van der Waals surface area (Å²) in [5.74, 6) is 0.750. The fourth-order valence-corrected chi connectivity index (χ4v) is 2.62. The van der Waals surface area contributed by atoms with E-state index in [1.54, 1.807) is 6.07 Å². The molecule has 0 atom stereocenters. The topological polar surface area (TPSA) is 3.24 Å². The average Bonchev–Trinajstić information content (AvgIpc) is 3.18. The van der Waals surface area contributed by atoms with Gasteiger partial charge in [0.05, 0.1) is 5.69 Å². The van der Waals surface area contributed by atoms with Gasteiger partial charge in [0.1, 0.15) is 5.82 Å². The van der Waals surface area contributed by atoms with E-state index in [2.05, 4.69) is 20.8 Å². The minimum atomic E-state index is -0.0606. The van der Waals surface area contributed by atoms with E-state index in [4.69, 9.17) is 0 Å². The second-order valence-corrected chi connectivity index (χ2v) is 5.81. The standard InChI is InChI=1S/C14H17BrFN/c15-8-11-3-6-14(13(16)7-11)17(12-4-5-12)9-10-1-2-10/h3,6-7,10,12H,1-2,4-5,8-9H2. The predicted molar refractivity (Wildman–Crippen MR) is 72.1 cm³/mol. The molecule has 0 spiro atoms. The van der Waals surface area contributed by atoms with Gasteiger partial charge in [-0.05, 0) is 49.3 Å². The van der Waals surface area contributed by atoms with Crippen molar-refractivity contribution in [3.05, 3.63) is 29.6 Å². The first-order valence-electron chi connectivity index (χ1n) is 6.39. The van der Waals surface area contributed by atoms with Crippen LogP contribution in [0, 0.1) is 11.7 Å². The molecule has 92 valence electrons. The summed E-state index contributed by atoms with van der Waals surface area (Å²) in [4.78, 5) is 2.30. The van der Waals surface area contributed by atoms with E-state index in [1.807, 2.05) is 12.1 Å². The normalized spacial score (nSPS) is 19.4. The molecule has 2 saturated carbocycles. The van der Waals surface area contributed by atoms with Gasteiger partial charge in [-0.1, -0.05) is 22.0 Å². The van der Waals surface area contributed by atoms with Crippen molar-refractivity contribution in [2.24, 2.45) is 5.92 Å². The molecule has 0 bridgehead atoms. The molecule has 0 radical (unpaired) electrons. The molecule has 0 unspecified atom stereocenters. The first-order chi connectivity index (χ1) is 8.28. The van der Waals surface area contributed by atoms with E-state index >= 15 is 0 Å². The second-order valence-electron chi connectivity index (χ2n) is 5.25. The molecule has 3 rings (SSSR count). The maximum absolute atomic E-state index is 14.1. The summed E-state index contributed by atoms with van der Waals surface area (Å²) in [6, 6.07) is 6.23. The predicted octanol–water partition coefficient (Wildman–Crippen LogP) is 4.10. The third kappa shape index (κ3) is 2.65. The van der Waals surface area contributed by atoms with Crippen LogP contribution in [0.2, 0.25) is 0 Å². The number of hydrogen-bond donors (Lipinski definition) is 0. The van der Waals surface area contributed by atoms with Gasteiger partial charge in [0, 0.05) is 17.9 Å². The third-order valence-electron chi connectivity index (χ3n) is 3.62. The van der Waals surface area contributed by atoms with Crippen LogP contribution in [0.5, 0.6) is 0 Å². The average molecular weight is 298 g/mol. The van der Waals surface area contributed by atoms with Crippen LogP contribution in [-0.2, 0) is 5.33 Å². The number of hydrogen-bond acceptors (Lipinski definition) is 1. The van der Waals surface area contributed by atoms with Crippen LogP contribution in [0.15, 0.2) is 18.2 Å². The van der Waals surface area contributed by atoms with Crippen molar-refractivity contribution in [1.82, 2.24) is 0 Å². The van der Waals surface area contributed by atoms with Gasteiger partial charge in [0.25, 0.3) is 0 Å². The highest BCUT2D eigenvalue weighted by molar-refractivity contribution is 9.08. The molecule has 0 saturated heterocycles. The fraction of sp³-hybridized carbons (Fsp3) is 0.571.